The van der Waals surface area contributed by atoms with Crippen LogP contribution in [0.5, 0.6) is 17.2 Å². The summed E-state index contributed by atoms with van der Waals surface area (Å²) in [4.78, 5) is 0. The molecule has 0 saturated heterocycles. The minimum Gasteiger partial charge on any atom is -0.494 e. The molecule has 2 aromatic carbocycles. The molecular formula is C16H18FNO3. The van der Waals surface area contributed by atoms with Crippen LogP contribution in [0.15, 0.2) is 30.3 Å². The van der Waals surface area contributed by atoms with E-state index in [0.29, 0.717) is 23.6 Å². The molecule has 0 bridgehead atoms. The van der Waals surface area contributed by atoms with Gasteiger partial charge in [-0.1, -0.05) is 6.07 Å². The maximum atomic E-state index is 13.9. The van der Waals surface area contributed by atoms with Gasteiger partial charge >= 0.3 is 0 Å². The first-order valence-electron chi connectivity index (χ1n) is 6.43. The largest absolute Gasteiger partial charge is 0.494 e. The second-order valence-electron chi connectivity index (χ2n) is 4.42. The van der Waals surface area contributed by atoms with Crippen LogP contribution in [0.4, 0.5) is 4.39 Å². The summed E-state index contributed by atoms with van der Waals surface area (Å²) < 4.78 is 29.4. The molecule has 0 aliphatic rings. The fourth-order valence-corrected chi connectivity index (χ4v) is 2.19. The Morgan fingerprint density at radius 3 is 2.05 bits per heavy atom. The maximum absolute atomic E-state index is 13.9. The van der Waals surface area contributed by atoms with Gasteiger partial charge in [0.05, 0.1) is 21.3 Å². The van der Waals surface area contributed by atoms with Crippen LogP contribution in [0.25, 0.3) is 11.1 Å². The van der Waals surface area contributed by atoms with Crippen LogP contribution in [0.2, 0.25) is 0 Å². The van der Waals surface area contributed by atoms with Crippen molar-refractivity contribution in [1.29, 1.82) is 0 Å². The lowest BCUT2D eigenvalue weighted by Gasteiger charge is -2.14. The number of rotatable bonds is 5. The monoisotopic (exact) mass is 291 g/mol. The Hall–Kier alpha value is -2.27. The molecular weight excluding hydrogens is 273 g/mol. The predicted molar refractivity (Wildman–Crippen MR) is 79.4 cm³/mol. The molecule has 2 aromatic rings. The Kier molecular flexibility index (Phi) is 4.65. The van der Waals surface area contributed by atoms with Gasteiger partial charge in [-0.2, -0.15) is 0 Å². The summed E-state index contributed by atoms with van der Waals surface area (Å²) >= 11 is 0. The van der Waals surface area contributed by atoms with Crippen LogP contribution in [-0.4, -0.2) is 21.3 Å². The molecule has 0 atom stereocenters. The first-order chi connectivity index (χ1) is 10.1. The summed E-state index contributed by atoms with van der Waals surface area (Å²) in [6.45, 7) is 0.309. The number of halogens is 1. The lowest BCUT2D eigenvalue weighted by molar-refractivity contribution is 0.354. The van der Waals surface area contributed by atoms with Crippen molar-refractivity contribution in [3.63, 3.8) is 0 Å². The van der Waals surface area contributed by atoms with Gasteiger partial charge in [0, 0.05) is 6.54 Å². The van der Waals surface area contributed by atoms with Crippen LogP contribution in [0, 0.1) is 5.82 Å². The minimum absolute atomic E-state index is 0.202. The van der Waals surface area contributed by atoms with Gasteiger partial charge in [-0.3, -0.25) is 0 Å². The molecule has 2 rings (SSSR count). The zero-order valence-electron chi connectivity index (χ0n) is 12.3. The van der Waals surface area contributed by atoms with Crippen molar-refractivity contribution in [1.82, 2.24) is 0 Å². The highest BCUT2D eigenvalue weighted by atomic mass is 19.1. The molecule has 21 heavy (non-hydrogen) atoms. The average molecular weight is 291 g/mol. The number of hydrogen-bond acceptors (Lipinski definition) is 4. The van der Waals surface area contributed by atoms with Crippen molar-refractivity contribution in [2.75, 3.05) is 21.3 Å². The third-order valence-corrected chi connectivity index (χ3v) is 3.29. The normalized spacial score (nSPS) is 10.3. The Bertz CT molecular complexity index is 644. The van der Waals surface area contributed by atoms with Crippen LogP contribution in [-0.2, 0) is 6.54 Å². The quantitative estimate of drug-likeness (QED) is 0.920. The zero-order chi connectivity index (χ0) is 15.4. The summed E-state index contributed by atoms with van der Waals surface area (Å²) in [5, 5.41) is 0. The summed E-state index contributed by atoms with van der Waals surface area (Å²) in [7, 11) is 4.54. The number of hydrogen-bond donors (Lipinski definition) is 1. The molecule has 0 saturated carbocycles. The third-order valence-electron chi connectivity index (χ3n) is 3.29. The molecule has 112 valence electrons. The van der Waals surface area contributed by atoms with Crippen LogP contribution in [0.1, 0.15) is 5.56 Å². The molecule has 0 fully saturated rings. The van der Waals surface area contributed by atoms with E-state index in [4.69, 9.17) is 19.9 Å². The number of ether oxygens (including phenoxy) is 3. The number of methoxy groups -OCH3 is 3. The van der Waals surface area contributed by atoms with E-state index in [2.05, 4.69) is 0 Å². The first kappa shape index (κ1) is 15.1. The van der Waals surface area contributed by atoms with E-state index < -0.39 is 5.82 Å². The third kappa shape index (κ3) is 2.92. The molecule has 5 heteroatoms. The lowest BCUT2D eigenvalue weighted by Crippen LogP contribution is -2.02. The second-order valence-corrected chi connectivity index (χ2v) is 4.42. The van der Waals surface area contributed by atoms with Gasteiger partial charge in [0.2, 0.25) is 0 Å². The Balaban J connectivity index is 2.59. The van der Waals surface area contributed by atoms with Gasteiger partial charge in [0.15, 0.2) is 23.1 Å². The molecule has 0 aromatic heterocycles. The standard InChI is InChI=1S/C16H18FNO3/c1-19-14-5-4-10(6-13(14)17)12-8-16(21-3)15(20-2)7-11(12)9-18/h4-8H,9,18H2,1-3H3. The SMILES string of the molecule is COc1ccc(-c2cc(OC)c(OC)cc2CN)cc1F. The Morgan fingerprint density at radius 2 is 1.52 bits per heavy atom. The summed E-state index contributed by atoms with van der Waals surface area (Å²) in [6.07, 6.45) is 0. The van der Waals surface area contributed by atoms with Crippen molar-refractivity contribution < 1.29 is 18.6 Å². The van der Waals surface area contributed by atoms with Crippen LogP contribution in [0.3, 0.4) is 0 Å². The summed E-state index contributed by atoms with van der Waals surface area (Å²) in [6, 6.07) is 8.38. The van der Waals surface area contributed by atoms with Gasteiger partial charge in [0.25, 0.3) is 0 Å². The number of benzene rings is 2. The highest BCUT2D eigenvalue weighted by molar-refractivity contribution is 5.72. The van der Waals surface area contributed by atoms with Gasteiger partial charge in [-0.25, -0.2) is 4.39 Å². The first-order valence-corrected chi connectivity index (χ1v) is 6.43. The molecule has 0 amide bonds. The summed E-state index contributed by atoms with van der Waals surface area (Å²) in [5.41, 5.74) is 8.13. The smallest absolute Gasteiger partial charge is 0.165 e. The number of nitrogens with two attached hydrogens (primary N) is 1. The Labute approximate surface area is 123 Å². The molecule has 0 spiro atoms. The molecule has 0 aliphatic carbocycles. The molecule has 0 heterocycles. The van der Waals surface area contributed by atoms with E-state index in [1.54, 1.807) is 38.5 Å². The average Bonchev–Trinajstić information content (AvgIpc) is 2.53. The van der Waals surface area contributed by atoms with Crippen molar-refractivity contribution in [3.05, 3.63) is 41.7 Å². The Morgan fingerprint density at radius 1 is 0.905 bits per heavy atom. The molecule has 0 aliphatic heterocycles. The maximum Gasteiger partial charge on any atom is 0.165 e. The van der Waals surface area contributed by atoms with Crippen molar-refractivity contribution in [3.8, 4) is 28.4 Å². The van der Waals surface area contributed by atoms with E-state index in [9.17, 15) is 4.39 Å². The molecule has 4 nitrogen and oxygen atoms in total. The van der Waals surface area contributed by atoms with E-state index in [-0.39, 0.29) is 5.75 Å². The highest BCUT2D eigenvalue weighted by Crippen LogP contribution is 2.36. The van der Waals surface area contributed by atoms with E-state index in [1.807, 2.05) is 0 Å². The van der Waals surface area contributed by atoms with Crippen molar-refractivity contribution >= 4 is 0 Å². The fourth-order valence-electron chi connectivity index (χ4n) is 2.19. The summed E-state index contributed by atoms with van der Waals surface area (Å²) in [5.74, 6) is 0.942. The van der Waals surface area contributed by atoms with E-state index in [0.717, 1.165) is 11.1 Å². The van der Waals surface area contributed by atoms with Gasteiger partial charge < -0.3 is 19.9 Å². The zero-order valence-corrected chi connectivity index (χ0v) is 12.3. The lowest BCUT2D eigenvalue weighted by atomic mass is 9.98. The van der Waals surface area contributed by atoms with Gasteiger partial charge in [-0.15, -0.1) is 0 Å². The van der Waals surface area contributed by atoms with Gasteiger partial charge in [0.1, 0.15) is 0 Å². The van der Waals surface area contributed by atoms with Crippen LogP contribution < -0.4 is 19.9 Å². The minimum atomic E-state index is -0.423. The molecule has 0 radical (unpaired) electrons. The second kappa shape index (κ2) is 6.45. The van der Waals surface area contributed by atoms with Gasteiger partial charge in [-0.05, 0) is 41.0 Å². The predicted octanol–water partition coefficient (Wildman–Crippen LogP) is 2.98. The van der Waals surface area contributed by atoms with Crippen molar-refractivity contribution in [2.45, 2.75) is 6.54 Å². The van der Waals surface area contributed by atoms with E-state index >= 15 is 0 Å². The van der Waals surface area contributed by atoms with Crippen molar-refractivity contribution in [2.24, 2.45) is 5.73 Å². The molecule has 2 N–H and O–H groups in total. The topological polar surface area (TPSA) is 53.7 Å². The van der Waals surface area contributed by atoms with E-state index in [1.165, 1.54) is 13.2 Å². The highest BCUT2D eigenvalue weighted by Gasteiger charge is 2.13. The van der Waals surface area contributed by atoms with Crippen LogP contribution >= 0.6 is 0 Å². The fraction of sp³-hybridized carbons (Fsp3) is 0.250. The molecule has 0 unspecified atom stereocenters.